The Morgan fingerprint density at radius 2 is 2.00 bits per heavy atom. The third kappa shape index (κ3) is 3.80. The number of furan rings is 1. The summed E-state index contributed by atoms with van der Waals surface area (Å²) < 4.78 is 20.8. The van der Waals surface area contributed by atoms with Gasteiger partial charge in [-0.2, -0.15) is 5.10 Å². The Bertz CT molecular complexity index is 1210. The number of hydrogen-bond acceptors (Lipinski definition) is 4. The predicted octanol–water partition coefficient (Wildman–Crippen LogP) is 4.53. The van der Waals surface area contributed by atoms with E-state index in [0.717, 1.165) is 29.0 Å². The van der Waals surface area contributed by atoms with Gasteiger partial charge in [-0.3, -0.25) is 4.79 Å². The summed E-state index contributed by atoms with van der Waals surface area (Å²) in [6.45, 7) is 4.82. The number of carbonyl (C=O) groups excluding carboxylic acids is 1. The topological polar surface area (TPSA) is 72.4 Å². The van der Waals surface area contributed by atoms with Gasteiger partial charge in [-0.25, -0.2) is 14.8 Å². The maximum absolute atomic E-state index is 13.0. The molecule has 0 aliphatic rings. The minimum absolute atomic E-state index is 0.306. The van der Waals surface area contributed by atoms with Crippen molar-refractivity contribution in [1.29, 1.82) is 0 Å². The number of fused-ring (bicyclic) bond motifs is 1. The Labute approximate surface area is 166 Å². The normalized spacial score (nSPS) is 11.4. The van der Waals surface area contributed by atoms with Crippen LogP contribution in [0, 0.1) is 12.7 Å². The molecule has 0 saturated carbocycles. The quantitative estimate of drug-likeness (QED) is 0.402. The van der Waals surface area contributed by atoms with E-state index in [-0.39, 0.29) is 11.7 Å². The molecule has 29 heavy (non-hydrogen) atoms. The molecule has 6 nitrogen and oxygen atoms in total. The first kappa shape index (κ1) is 18.6. The highest BCUT2D eigenvalue weighted by Crippen LogP contribution is 2.22. The van der Waals surface area contributed by atoms with Crippen molar-refractivity contribution >= 4 is 23.2 Å². The Kier molecular flexibility index (Phi) is 4.95. The van der Waals surface area contributed by atoms with E-state index in [1.807, 2.05) is 13.0 Å². The monoisotopic (exact) mass is 390 g/mol. The van der Waals surface area contributed by atoms with Crippen molar-refractivity contribution in [2.24, 2.45) is 5.10 Å². The lowest BCUT2D eigenvalue weighted by Gasteiger charge is -2.03. The number of carbonyl (C=O) groups is 1. The number of hydrogen-bond donors (Lipinski definition) is 1. The maximum Gasteiger partial charge on any atom is 0.271 e. The van der Waals surface area contributed by atoms with E-state index in [4.69, 9.17) is 4.42 Å². The molecule has 7 heteroatoms. The van der Waals surface area contributed by atoms with E-state index in [0.29, 0.717) is 17.1 Å². The Hall–Kier alpha value is -3.74. The van der Waals surface area contributed by atoms with E-state index >= 15 is 0 Å². The third-order valence-electron chi connectivity index (χ3n) is 4.63. The molecule has 2 aromatic heterocycles. The van der Waals surface area contributed by atoms with Crippen LogP contribution in [0.3, 0.4) is 0 Å². The molecule has 4 aromatic rings. The van der Waals surface area contributed by atoms with Gasteiger partial charge >= 0.3 is 0 Å². The second kappa shape index (κ2) is 7.71. The summed E-state index contributed by atoms with van der Waals surface area (Å²) in [6, 6.07) is 14.9. The second-order valence-corrected chi connectivity index (χ2v) is 6.51. The first-order valence-corrected chi connectivity index (χ1v) is 9.21. The van der Waals surface area contributed by atoms with Crippen molar-refractivity contribution in [1.82, 2.24) is 15.0 Å². The molecule has 0 unspecified atom stereocenters. The molecule has 0 aliphatic carbocycles. The molecule has 1 amide bonds. The molecule has 0 spiro atoms. The smallest absolute Gasteiger partial charge is 0.271 e. The molecule has 0 fully saturated rings. The van der Waals surface area contributed by atoms with Gasteiger partial charge in [0.15, 0.2) is 0 Å². The molecule has 146 valence electrons. The predicted molar refractivity (Wildman–Crippen MR) is 109 cm³/mol. The molecule has 0 atom stereocenters. The molecule has 0 aliphatic heterocycles. The van der Waals surface area contributed by atoms with Gasteiger partial charge < -0.3 is 8.98 Å². The van der Waals surface area contributed by atoms with Crippen molar-refractivity contribution in [3.05, 3.63) is 77.6 Å². The molecular weight excluding hydrogens is 371 g/mol. The van der Waals surface area contributed by atoms with Crippen LogP contribution >= 0.6 is 0 Å². The van der Waals surface area contributed by atoms with Crippen LogP contribution in [0.15, 0.2) is 64.1 Å². The number of hydrazone groups is 1. The van der Waals surface area contributed by atoms with Gasteiger partial charge in [0.25, 0.3) is 5.91 Å². The van der Waals surface area contributed by atoms with Crippen LogP contribution in [0.2, 0.25) is 0 Å². The summed E-state index contributed by atoms with van der Waals surface area (Å²) in [7, 11) is 0. The Morgan fingerprint density at radius 1 is 1.21 bits per heavy atom. The van der Waals surface area contributed by atoms with Crippen LogP contribution < -0.4 is 5.43 Å². The molecule has 0 saturated heterocycles. The molecule has 1 N–H and O–H groups in total. The second-order valence-electron chi connectivity index (χ2n) is 6.51. The van der Waals surface area contributed by atoms with E-state index in [2.05, 4.69) is 27.0 Å². The van der Waals surface area contributed by atoms with Gasteiger partial charge in [-0.1, -0.05) is 0 Å². The van der Waals surface area contributed by atoms with E-state index < -0.39 is 0 Å². The van der Waals surface area contributed by atoms with E-state index in [9.17, 15) is 9.18 Å². The standard InChI is InChI=1S/C22H19FN4O2/c1-3-27-14(2)25-19-12-16(6-10-20(19)27)22(28)26-24-13-18-9-11-21(29-18)15-4-7-17(23)8-5-15/h4-13H,3H2,1-2H3,(H,26,28). The summed E-state index contributed by atoms with van der Waals surface area (Å²) in [5, 5.41) is 3.95. The fourth-order valence-corrected chi connectivity index (χ4v) is 3.20. The fraction of sp³-hybridized carbons (Fsp3) is 0.136. The van der Waals surface area contributed by atoms with Gasteiger partial charge in [-0.05, 0) is 68.4 Å². The molecule has 4 rings (SSSR count). The lowest BCUT2D eigenvalue weighted by molar-refractivity contribution is 0.0955. The van der Waals surface area contributed by atoms with E-state index in [1.54, 1.807) is 36.4 Å². The molecular formula is C22H19FN4O2. The number of nitrogens with zero attached hydrogens (tertiary/aromatic N) is 3. The number of nitrogens with one attached hydrogen (secondary N) is 1. The SMILES string of the molecule is CCn1c(C)nc2cc(C(=O)NN=Cc3ccc(-c4ccc(F)cc4)o3)ccc21. The minimum atomic E-state index is -0.336. The Morgan fingerprint density at radius 3 is 2.76 bits per heavy atom. The van der Waals surface area contributed by atoms with Crippen molar-refractivity contribution in [3.8, 4) is 11.3 Å². The van der Waals surface area contributed by atoms with Gasteiger partial charge in [0.05, 0.1) is 17.2 Å². The van der Waals surface area contributed by atoms with Gasteiger partial charge in [0.1, 0.15) is 23.2 Å². The number of halogens is 1. The van der Waals surface area contributed by atoms with Crippen LogP contribution in [0.1, 0.15) is 28.9 Å². The highest BCUT2D eigenvalue weighted by Gasteiger charge is 2.10. The maximum atomic E-state index is 13.0. The fourth-order valence-electron chi connectivity index (χ4n) is 3.20. The molecule has 2 heterocycles. The number of amides is 1. The summed E-state index contributed by atoms with van der Waals surface area (Å²) in [4.78, 5) is 16.9. The van der Waals surface area contributed by atoms with E-state index in [1.165, 1.54) is 18.3 Å². The highest BCUT2D eigenvalue weighted by atomic mass is 19.1. The van der Waals surface area contributed by atoms with Crippen LogP contribution in [0.4, 0.5) is 4.39 Å². The summed E-state index contributed by atoms with van der Waals surface area (Å²) in [6.07, 6.45) is 1.42. The van der Waals surface area contributed by atoms with Gasteiger partial charge in [0, 0.05) is 17.7 Å². The van der Waals surface area contributed by atoms with Gasteiger partial charge in [-0.15, -0.1) is 0 Å². The van der Waals surface area contributed by atoms with Crippen molar-refractivity contribution in [3.63, 3.8) is 0 Å². The highest BCUT2D eigenvalue weighted by molar-refractivity contribution is 5.97. The molecule has 0 radical (unpaired) electrons. The number of imidazole rings is 1. The van der Waals surface area contributed by atoms with Crippen LogP contribution in [-0.2, 0) is 6.54 Å². The minimum Gasteiger partial charge on any atom is -0.455 e. The Balaban J connectivity index is 1.45. The number of rotatable bonds is 5. The zero-order chi connectivity index (χ0) is 20.4. The summed E-state index contributed by atoms with van der Waals surface area (Å²) in [5.74, 6) is 1.33. The van der Waals surface area contributed by atoms with Crippen molar-refractivity contribution in [2.45, 2.75) is 20.4 Å². The third-order valence-corrected chi connectivity index (χ3v) is 4.63. The first-order chi connectivity index (χ1) is 14.0. The zero-order valence-electron chi connectivity index (χ0n) is 16.0. The van der Waals surface area contributed by atoms with Gasteiger partial charge in [0.2, 0.25) is 0 Å². The zero-order valence-corrected chi connectivity index (χ0v) is 16.0. The number of aromatic nitrogens is 2. The van der Waals surface area contributed by atoms with Crippen LogP contribution in [0.5, 0.6) is 0 Å². The summed E-state index contributed by atoms with van der Waals surface area (Å²) in [5.41, 5.74) is 5.49. The largest absolute Gasteiger partial charge is 0.455 e. The number of aryl methyl sites for hydroxylation is 2. The van der Waals surface area contributed by atoms with Crippen molar-refractivity contribution in [2.75, 3.05) is 0 Å². The first-order valence-electron chi connectivity index (χ1n) is 9.21. The number of benzene rings is 2. The molecule has 2 aromatic carbocycles. The van der Waals surface area contributed by atoms with Crippen LogP contribution in [-0.4, -0.2) is 21.7 Å². The molecule has 0 bridgehead atoms. The summed E-state index contributed by atoms with van der Waals surface area (Å²) >= 11 is 0. The average Bonchev–Trinajstić information content (AvgIpc) is 3.31. The average molecular weight is 390 g/mol. The van der Waals surface area contributed by atoms with Crippen LogP contribution in [0.25, 0.3) is 22.4 Å². The lowest BCUT2D eigenvalue weighted by Crippen LogP contribution is -2.17. The lowest BCUT2D eigenvalue weighted by atomic mass is 10.2. The van der Waals surface area contributed by atoms with Crippen molar-refractivity contribution < 1.29 is 13.6 Å².